The summed E-state index contributed by atoms with van der Waals surface area (Å²) < 4.78 is 0. The maximum Gasteiger partial charge on any atom is 0.365 e. The van der Waals surface area contributed by atoms with Crippen molar-refractivity contribution < 1.29 is 4.92 Å². The third-order valence-electron chi connectivity index (χ3n) is 1.18. The Morgan fingerprint density at radius 2 is 2.25 bits per heavy atom. The molecule has 0 radical (unpaired) electrons. The minimum atomic E-state index is -0.609. The molecule has 0 unspecified atom stereocenters. The second kappa shape index (κ2) is 3.69. The Labute approximate surface area is 78.3 Å². The number of pyridine rings is 1. The molecule has 0 aromatic carbocycles. The first-order valence-electron chi connectivity index (χ1n) is 3.00. The molecular formula is C6H4Cl2N2O2. The number of alkyl halides is 1. The van der Waals surface area contributed by atoms with Gasteiger partial charge in [0.1, 0.15) is 0 Å². The van der Waals surface area contributed by atoms with Gasteiger partial charge in [0.15, 0.2) is 0 Å². The highest BCUT2D eigenvalue weighted by atomic mass is 35.5. The predicted molar refractivity (Wildman–Crippen MR) is 45.5 cm³/mol. The highest BCUT2D eigenvalue weighted by Gasteiger charge is 2.10. The van der Waals surface area contributed by atoms with Gasteiger partial charge in [0.05, 0.1) is 0 Å². The number of hydrogen-bond donors (Lipinski definition) is 0. The van der Waals surface area contributed by atoms with E-state index in [0.29, 0.717) is 5.56 Å². The van der Waals surface area contributed by atoms with Crippen LogP contribution in [0.1, 0.15) is 5.56 Å². The van der Waals surface area contributed by atoms with E-state index in [-0.39, 0.29) is 16.9 Å². The Bertz CT molecular complexity index is 316. The summed E-state index contributed by atoms with van der Waals surface area (Å²) >= 11 is 11.0. The molecule has 12 heavy (non-hydrogen) atoms. The molecule has 0 atom stereocenters. The predicted octanol–water partition coefficient (Wildman–Crippen LogP) is 2.38. The van der Waals surface area contributed by atoms with Crippen LogP contribution < -0.4 is 0 Å². The van der Waals surface area contributed by atoms with Gasteiger partial charge in [-0.3, -0.25) is 0 Å². The van der Waals surface area contributed by atoms with Crippen molar-refractivity contribution in [2.24, 2.45) is 0 Å². The Kier molecular flexibility index (Phi) is 2.83. The second-order valence-electron chi connectivity index (χ2n) is 2.05. The van der Waals surface area contributed by atoms with Crippen molar-refractivity contribution in [3.63, 3.8) is 0 Å². The van der Waals surface area contributed by atoms with Gasteiger partial charge in [-0.2, -0.15) is 0 Å². The summed E-state index contributed by atoms with van der Waals surface area (Å²) in [5.74, 6) is -0.0959. The van der Waals surface area contributed by atoms with Gasteiger partial charge in [-0.1, -0.05) is 0 Å². The zero-order valence-electron chi connectivity index (χ0n) is 5.83. The molecule has 0 aliphatic heterocycles. The number of rotatable bonds is 2. The number of nitro groups is 1. The fourth-order valence-electron chi connectivity index (χ4n) is 0.705. The number of hydrogen-bond acceptors (Lipinski definition) is 3. The lowest BCUT2D eigenvalue weighted by molar-refractivity contribution is -0.389. The van der Waals surface area contributed by atoms with Crippen LogP contribution in [0.25, 0.3) is 0 Å². The number of nitrogens with zero attached hydrogens (tertiary/aromatic N) is 2. The smallest absolute Gasteiger partial charge is 0.358 e. The van der Waals surface area contributed by atoms with Crippen LogP contribution in [-0.2, 0) is 5.88 Å². The van der Waals surface area contributed by atoms with E-state index in [1.807, 2.05) is 0 Å². The van der Waals surface area contributed by atoms with Crippen LogP contribution in [0.15, 0.2) is 12.1 Å². The second-order valence-corrected chi connectivity index (χ2v) is 2.70. The third kappa shape index (κ3) is 2.06. The van der Waals surface area contributed by atoms with Gasteiger partial charge in [-0.25, -0.2) is 0 Å². The largest absolute Gasteiger partial charge is 0.365 e. The van der Waals surface area contributed by atoms with Gasteiger partial charge in [-0.05, 0) is 27.1 Å². The normalized spacial score (nSPS) is 9.83. The van der Waals surface area contributed by atoms with E-state index in [1.165, 1.54) is 12.1 Å². The Balaban J connectivity index is 3.15. The molecule has 1 aromatic rings. The van der Waals surface area contributed by atoms with Gasteiger partial charge < -0.3 is 10.1 Å². The van der Waals surface area contributed by atoms with Gasteiger partial charge in [0.2, 0.25) is 5.15 Å². The van der Waals surface area contributed by atoms with Crippen molar-refractivity contribution in [3.05, 3.63) is 33.0 Å². The molecule has 0 saturated carbocycles. The van der Waals surface area contributed by atoms with E-state index in [0.717, 1.165) is 0 Å². The minimum absolute atomic E-state index is 0.0832. The highest BCUT2D eigenvalue weighted by molar-refractivity contribution is 6.29. The topological polar surface area (TPSA) is 56.0 Å². The van der Waals surface area contributed by atoms with Crippen molar-refractivity contribution in [3.8, 4) is 0 Å². The molecule has 0 spiro atoms. The zero-order valence-corrected chi connectivity index (χ0v) is 7.34. The lowest BCUT2D eigenvalue weighted by Gasteiger charge is -1.94. The van der Waals surface area contributed by atoms with Crippen LogP contribution in [0.2, 0.25) is 5.15 Å². The zero-order chi connectivity index (χ0) is 9.14. The summed E-state index contributed by atoms with van der Waals surface area (Å²) in [4.78, 5) is 13.1. The molecule has 4 nitrogen and oxygen atoms in total. The van der Waals surface area contributed by atoms with Crippen molar-refractivity contribution >= 4 is 29.0 Å². The molecule has 1 aromatic heterocycles. The molecule has 0 aliphatic rings. The first kappa shape index (κ1) is 9.22. The van der Waals surface area contributed by atoms with E-state index >= 15 is 0 Å². The molecular weight excluding hydrogens is 203 g/mol. The fraction of sp³-hybridized carbons (Fsp3) is 0.167. The summed E-state index contributed by atoms with van der Waals surface area (Å²) in [6.07, 6.45) is 0. The standard InChI is InChI=1S/C6H4Cl2N2O2/c7-3-4-1-5(8)9-6(2-4)10(11)12/h1-2H,3H2. The molecule has 1 heterocycles. The van der Waals surface area contributed by atoms with E-state index < -0.39 is 4.92 Å². The lowest BCUT2D eigenvalue weighted by atomic mass is 10.3. The van der Waals surface area contributed by atoms with Crippen LogP contribution in [0.5, 0.6) is 0 Å². The minimum Gasteiger partial charge on any atom is -0.358 e. The molecule has 0 N–H and O–H groups in total. The summed E-state index contributed by atoms with van der Waals surface area (Å²) in [7, 11) is 0. The van der Waals surface area contributed by atoms with Crippen LogP contribution in [-0.4, -0.2) is 9.91 Å². The Morgan fingerprint density at radius 3 is 2.75 bits per heavy atom. The third-order valence-corrected chi connectivity index (χ3v) is 1.68. The highest BCUT2D eigenvalue weighted by Crippen LogP contribution is 2.17. The lowest BCUT2D eigenvalue weighted by Crippen LogP contribution is -1.93. The molecule has 1 rings (SSSR count). The van der Waals surface area contributed by atoms with E-state index in [4.69, 9.17) is 23.2 Å². The molecule has 0 fully saturated rings. The van der Waals surface area contributed by atoms with Gasteiger partial charge in [0, 0.05) is 18.0 Å². The molecule has 0 bridgehead atoms. The number of aromatic nitrogens is 1. The quantitative estimate of drug-likeness (QED) is 0.323. The van der Waals surface area contributed by atoms with Crippen LogP contribution in [0, 0.1) is 10.1 Å². The molecule has 6 heteroatoms. The first-order chi connectivity index (χ1) is 5.63. The molecule has 0 aliphatic carbocycles. The monoisotopic (exact) mass is 206 g/mol. The summed E-state index contributed by atoms with van der Waals surface area (Å²) in [6.45, 7) is 0. The van der Waals surface area contributed by atoms with Crippen LogP contribution >= 0.6 is 23.2 Å². The van der Waals surface area contributed by atoms with Gasteiger partial charge in [-0.15, -0.1) is 11.6 Å². The van der Waals surface area contributed by atoms with E-state index in [2.05, 4.69) is 4.98 Å². The summed E-state index contributed by atoms with van der Waals surface area (Å²) in [5.41, 5.74) is 0.586. The SMILES string of the molecule is O=[N+]([O-])c1cc(CCl)cc(Cl)n1. The molecule has 64 valence electrons. The Hall–Kier alpha value is -0.870. The Morgan fingerprint density at radius 1 is 1.58 bits per heavy atom. The van der Waals surface area contributed by atoms with Gasteiger partial charge >= 0.3 is 5.82 Å². The van der Waals surface area contributed by atoms with Crippen molar-refractivity contribution in [2.45, 2.75) is 5.88 Å². The summed E-state index contributed by atoms with van der Waals surface area (Å²) in [6, 6.07) is 2.78. The first-order valence-corrected chi connectivity index (χ1v) is 3.91. The van der Waals surface area contributed by atoms with Crippen molar-refractivity contribution in [1.82, 2.24) is 4.98 Å². The van der Waals surface area contributed by atoms with Crippen molar-refractivity contribution in [2.75, 3.05) is 0 Å². The molecule has 0 amide bonds. The number of halogens is 2. The molecule has 0 saturated heterocycles. The van der Waals surface area contributed by atoms with E-state index in [1.54, 1.807) is 0 Å². The van der Waals surface area contributed by atoms with E-state index in [9.17, 15) is 10.1 Å². The summed E-state index contributed by atoms with van der Waals surface area (Å²) in [5, 5.41) is 10.3. The average molecular weight is 207 g/mol. The van der Waals surface area contributed by atoms with Crippen molar-refractivity contribution in [1.29, 1.82) is 0 Å². The van der Waals surface area contributed by atoms with Gasteiger partial charge in [0.25, 0.3) is 0 Å². The fourth-order valence-corrected chi connectivity index (χ4v) is 1.09. The maximum atomic E-state index is 10.3. The van der Waals surface area contributed by atoms with Crippen LogP contribution in [0.3, 0.4) is 0 Å². The maximum absolute atomic E-state index is 10.3. The average Bonchev–Trinajstić information content (AvgIpc) is 2.03. The van der Waals surface area contributed by atoms with Crippen LogP contribution in [0.4, 0.5) is 5.82 Å².